The second-order valence-electron chi connectivity index (χ2n) is 2.77. The van der Waals surface area contributed by atoms with Crippen molar-refractivity contribution in [1.82, 2.24) is 0 Å². The molecule has 16 heavy (non-hydrogen) atoms. The van der Waals surface area contributed by atoms with Gasteiger partial charge >= 0.3 is 29.6 Å². The molecule has 0 saturated carbocycles. The van der Waals surface area contributed by atoms with E-state index in [0.717, 1.165) is 5.56 Å². The van der Waals surface area contributed by atoms with E-state index in [1.807, 2.05) is 30.3 Å². The Kier molecular flexibility index (Phi) is 8.21. The van der Waals surface area contributed by atoms with Gasteiger partial charge in [0.2, 0.25) is 10.4 Å². The molecule has 0 aromatic heterocycles. The summed E-state index contributed by atoms with van der Waals surface area (Å²) in [5, 5.41) is 0. The van der Waals surface area contributed by atoms with Gasteiger partial charge in [-0.3, -0.25) is 4.18 Å². The Morgan fingerprint density at radius 2 is 1.75 bits per heavy atom. The maximum absolute atomic E-state index is 10.0. The molecule has 0 spiro atoms. The van der Waals surface area contributed by atoms with Gasteiger partial charge in [0, 0.05) is 0 Å². The summed E-state index contributed by atoms with van der Waals surface area (Å²) in [6.45, 7) is 0.179. The Balaban J connectivity index is 0.00000225. The van der Waals surface area contributed by atoms with Crippen LogP contribution in [0.1, 0.15) is 5.56 Å². The minimum atomic E-state index is -4.60. The van der Waals surface area contributed by atoms with Crippen molar-refractivity contribution in [2.75, 3.05) is 13.2 Å². The molecule has 0 bridgehead atoms. The molecule has 0 unspecified atom stereocenters. The molecule has 0 aliphatic carbocycles. The van der Waals surface area contributed by atoms with Crippen molar-refractivity contribution in [2.45, 2.75) is 6.61 Å². The largest absolute Gasteiger partial charge is 1.00 e. The summed E-state index contributed by atoms with van der Waals surface area (Å²) in [6, 6.07) is 9.39. The molecule has 0 heterocycles. The van der Waals surface area contributed by atoms with E-state index in [0.29, 0.717) is 6.61 Å². The molecule has 0 atom stereocenters. The molecular formula is C9H11NaO5S. The van der Waals surface area contributed by atoms with E-state index in [1.54, 1.807) is 0 Å². The second kappa shape index (κ2) is 8.19. The van der Waals surface area contributed by atoms with Crippen LogP contribution in [0.15, 0.2) is 30.3 Å². The second-order valence-corrected chi connectivity index (χ2v) is 3.82. The first-order valence-electron chi connectivity index (χ1n) is 4.30. The summed E-state index contributed by atoms with van der Waals surface area (Å²) in [5.41, 5.74) is 0.975. The van der Waals surface area contributed by atoms with Gasteiger partial charge in [-0.15, -0.1) is 0 Å². The van der Waals surface area contributed by atoms with Gasteiger partial charge in [-0.1, -0.05) is 30.3 Å². The third-order valence-electron chi connectivity index (χ3n) is 1.57. The molecule has 84 valence electrons. The topological polar surface area (TPSA) is 75.7 Å². The minimum absolute atomic E-state index is 0. The third kappa shape index (κ3) is 8.23. The first kappa shape index (κ1) is 16.1. The average molecular weight is 254 g/mol. The summed E-state index contributed by atoms with van der Waals surface area (Å²) in [6.07, 6.45) is 0. The maximum Gasteiger partial charge on any atom is 1.00 e. The van der Waals surface area contributed by atoms with Crippen LogP contribution < -0.4 is 29.6 Å². The van der Waals surface area contributed by atoms with Gasteiger partial charge in [0.25, 0.3) is 0 Å². The molecule has 1 aromatic rings. The summed E-state index contributed by atoms with van der Waals surface area (Å²) in [7, 11) is -4.60. The van der Waals surface area contributed by atoms with E-state index in [4.69, 9.17) is 4.74 Å². The molecule has 0 radical (unpaired) electrons. The van der Waals surface area contributed by atoms with Crippen LogP contribution in [0.3, 0.4) is 0 Å². The molecule has 0 aliphatic heterocycles. The van der Waals surface area contributed by atoms with Crippen LogP contribution in [0, 0.1) is 0 Å². The fourth-order valence-electron chi connectivity index (χ4n) is 0.959. The molecule has 0 saturated heterocycles. The van der Waals surface area contributed by atoms with Gasteiger partial charge in [-0.25, -0.2) is 8.42 Å². The summed E-state index contributed by atoms with van der Waals surface area (Å²) in [4.78, 5) is 0. The van der Waals surface area contributed by atoms with Crippen molar-refractivity contribution < 1.29 is 51.4 Å². The van der Waals surface area contributed by atoms with Gasteiger partial charge in [-0.05, 0) is 5.56 Å². The smallest absolute Gasteiger partial charge is 0.726 e. The molecule has 1 rings (SSSR count). The van der Waals surface area contributed by atoms with Crippen LogP contribution in [0.2, 0.25) is 0 Å². The predicted molar refractivity (Wildman–Crippen MR) is 51.7 cm³/mol. The number of rotatable bonds is 6. The zero-order valence-corrected chi connectivity index (χ0v) is 11.8. The van der Waals surface area contributed by atoms with Gasteiger partial charge in [-0.2, -0.15) is 0 Å². The number of ether oxygens (including phenoxy) is 1. The van der Waals surface area contributed by atoms with E-state index >= 15 is 0 Å². The summed E-state index contributed by atoms with van der Waals surface area (Å²) < 4.78 is 39.1. The van der Waals surface area contributed by atoms with E-state index < -0.39 is 10.4 Å². The quantitative estimate of drug-likeness (QED) is 0.247. The normalized spacial score (nSPS) is 10.8. The molecule has 5 nitrogen and oxygen atoms in total. The number of benzene rings is 1. The molecule has 1 aromatic carbocycles. The maximum atomic E-state index is 10.0. The van der Waals surface area contributed by atoms with Gasteiger partial charge < -0.3 is 9.29 Å². The summed E-state index contributed by atoms with van der Waals surface area (Å²) >= 11 is 0. The standard InChI is InChI=1S/C9H12O5S.Na/c10-15(11,12)14-7-6-13-8-9-4-2-1-3-5-9;/h1-5H,6-8H2,(H,10,11,12);/q;+1/p-1. The molecule has 0 aliphatic rings. The minimum Gasteiger partial charge on any atom is -0.726 e. The van der Waals surface area contributed by atoms with Gasteiger partial charge in [0.1, 0.15) is 0 Å². The predicted octanol–water partition coefficient (Wildman–Crippen LogP) is -2.32. The van der Waals surface area contributed by atoms with Crippen molar-refractivity contribution in [3.05, 3.63) is 35.9 Å². The van der Waals surface area contributed by atoms with E-state index in [9.17, 15) is 13.0 Å². The molecule has 7 heteroatoms. The first-order chi connectivity index (χ1) is 7.08. The molecule has 0 fully saturated rings. The zero-order chi connectivity index (χ0) is 11.1. The van der Waals surface area contributed by atoms with Crippen molar-refractivity contribution >= 4 is 10.4 Å². The van der Waals surface area contributed by atoms with Gasteiger partial charge in [0.05, 0.1) is 19.8 Å². The van der Waals surface area contributed by atoms with E-state index in [-0.39, 0.29) is 42.8 Å². The fraction of sp³-hybridized carbons (Fsp3) is 0.333. The first-order valence-corrected chi connectivity index (χ1v) is 5.63. The van der Waals surface area contributed by atoms with Crippen LogP contribution in [-0.2, 0) is 25.9 Å². The third-order valence-corrected chi connectivity index (χ3v) is 2.02. The Hall–Kier alpha value is 0.0500. The van der Waals surface area contributed by atoms with E-state index in [2.05, 4.69) is 4.18 Å². The Labute approximate surface area is 117 Å². The monoisotopic (exact) mass is 254 g/mol. The number of hydrogen-bond donors (Lipinski definition) is 0. The molecule has 0 amide bonds. The van der Waals surface area contributed by atoms with Crippen molar-refractivity contribution in [1.29, 1.82) is 0 Å². The Bertz CT molecular complexity index is 378. The average Bonchev–Trinajstić information content (AvgIpc) is 2.17. The molecule has 0 N–H and O–H groups in total. The Morgan fingerprint density at radius 1 is 1.12 bits per heavy atom. The zero-order valence-electron chi connectivity index (χ0n) is 8.96. The van der Waals surface area contributed by atoms with Crippen LogP contribution in [-0.4, -0.2) is 26.2 Å². The summed E-state index contributed by atoms with van der Waals surface area (Å²) in [5.74, 6) is 0. The fourth-order valence-corrected chi connectivity index (χ4v) is 1.23. The van der Waals surface area contributed by atoms with Crippen LogP contribution in [0.5, 0.6) is 0 Å². The van der Waals surface area contributed by atoms with Crippen LogP contribution >= 0.6 is 0 Å². The van der Waals surface area contributed by atoms with E-state index in [1.165, 1.54) is 0 Å². The van der Waals surface area contributed by atoms with Crippen molar-refractivity contribution in [2.24, 2.45) is 0 Å². The SMILES string of the molecule is O=S(=O)([O-])OCCOCc1ccccc1.[Na+]. The van der Waals surface area contributed by atoms with Crippen molar-refractivity contribution in [3.63, 3.8) is 0 Å². The van der Waals surface area contributed by atoms with Gasteiger partial charge in [0.15, 0.2) is 0 Å². The molecular weight excluding hydrogens is 243 g/mol. The van der Waals surface area contributed by atoms with Crippen LogP contribution in [0.25, 0.3) is 0 Å². The van der Waals surface area contributed by atoms with Crippen molar-refractivity contribution in [3.8, 4) is 0 Å². The number of hydrogen-bond acceptors (Lipinski definition) is 5. The Morgan fingerprint density at radius 3 is 2.31 bits per heavy atom. The van der Waals surface area contributed by atoms with Crippen LogP contribution in [0.4, 0.5) is 0 Å².